The normalized spacial score (nSPS) is 10.5. The van der Waals surface area contributed by atoms with Crippen LogP contribution in [0.25, 0.3) is 0 Å². The van der Waals surface area contributed by atoms with Gasteiger partial charge >= 0.3 is 0 Å². The van der Waals surface area contributed by atoms with Crippen LogP contribution in [-0.4, -0.2) is 29.1 Å². The van der Waals surface area contributed by atoms with Gasteiger partial charge in [-0.2, -0.15) is 0 Å². The van der Waals surface area contributed by atoms with Gasteiger partial charge in [-0.25, -0.2) is 4.98 Å². The molecule has 1 aromatic heterocycles. The molecule has 0 fully saturated rings. The molecule has 2 aromatic rings. The minimum atomic E-state index is 0.0774. The summed E-state index contributed by atoms with van der Waals surface area (Å²) >= 11 is 0. The molecule has 23 heavy (non-hydrogen) atoms. The van der Waals surface area contributed by atoms with E-state index >= 15 is 0 Å². The van der Waals surface area contributed by atoms with Gasteiger partial charge in [-0.05, 0) is 30.5 Å². The Kier molecular flexibility index (Phi) is 7.17. The van der Waals surface area contributed by atoms with Crippen LogP contribution in [0.5, 0.6) is 5.75 Å². The minimum Gasteiger partial charge on any atom is -0.497 e. The van der Waals surface area contributed by atoms with E-state index in [0.29, 0.717) is 6.42 Å². The van der Waals surface area contributed by atoms with Gasteiger partial charge < -0.3 is 14.6 Å². The SMILES string of the molecule is COc1ccc(CC(=O)NCCCCCCn2ccnc2)cc1. The average molecular weight is 315 g/mol. The fraction of sp³-hybridized carbons (Fsp3) is 0.444. The number of ether oxygens (including phenoxy) is 1. The number of rotatable bonds is 10. The maximum absolute atomic E-state index is 11.9. The Balaban J connectivity index is 1.50. The number of hydrogen-bond acceptors (Lipinski definition) is 3. The van der Waals surface area contributed by atoms with Crippen molar-refractivity contribution >= 4 is 5.91 Å². The molecule has 0 aliphatic heterocycles. The molecule has 124 valence electrons. The summed E-state index contributed by atoms with van der Waals surface area (Å²) in [6.45, 7) is 1.77. The molecule has 1 N–H and O–H groups in total. The number of nitrogens with zero attached hydrogens (tertiary/aromatic N) is 2. The van der Waals surface area contributed by atoms with Crippen LogP contribution < -0.4 is 10.1 Å². The number of methoxy groups -OCH3 is 1. The smallest absolute Gasteiger partial charge is 0.224 e. The molecule has 0 aliphatic rings. The first-order valence-corrected chi connectivity index (χ1v) is 8.13. The van der Waals surface area contributed by atoms with Gasteiger partial charge in [0.25, 0.3) is 0 Å². The summed E-state index contributed by atoms with van der Waals surface area (Å²) in [7, 11) is 1.64. The van der Waals surface area contributed by atoms with Crippen LogP contribution in [0.2, 0.25) is 0 Å². The zero-order chi connectivity index (χ0) is 16.3. The molecule has 5 heteroatoms. The van der Waals surface area contributed by atoms with Gasteiger partial charge in [0, 0.05) is 25.5 Å². The first-order valence-electron chi connectivity index (χ1n) is 8.13. The number of carbonyl (C=O) groups is 1. The molecule has 0 saturated heterocycles. The number of imidazole rings is 1. The lowest BCUT2D eigenvalue weighted by molar-refractivity contribution is -0.120. The summed E-state index contributed by atoms with van der Waals surface area (Å²) in [5.74, 6) is 0.887. The summed E-state index contributed by atoms with van der Waals surface area (Å²) in [4.78, 5) is 15.9. The van der Waals surface area contributed by atoms with Crippen molar-refractivity contribution in [3.05, 3.63) is 48.5 Å². The lowest BCUT2D eigenvalue weighted by Crippen LogP contribution is -2.26. The van der Waals surface area contributed by atoms with Gasteiger partial charge in [0.05, 0.1) is 19.9 Å². The van der Waals surface area contributed by atoms with Gasteiger partial charge in [-0.3, -0.25) is 4.79 Å². The van der Waals surface area contributed by atoms with Gasteiger partial charge in [-0.15, -0.1) is 0 Å². The summed E-state index contributed by atoms with van der Waals surface area (Å²) in [6, 6.07) is 7.61. The molecule has 0 unspecified atom stereocenters. The maximum Gasteiger partial charge on any atom is 0.224 e. The van der Waals surface area contributed by atoms with E-state index in [2.05, 4.69) is 14.9 Å². The second-order valence-corrected chi connectivity index (χ2v) is 5.59. The third kappa shape index (κ3) is 6.55. The number of carbonyl (C=O) groups excluding carboxylic acids is 1. The fourth-order valence-corrected chi connectivity index (χ4v) is 2.41. The van der Waals surface area contributed by atoms with Crippen LogP contribution in [0.1, 0.15) is 31.2 Å². The molecule has 1 heterocycles. The number of benzene rings is 1. The van der Waals surface area contributed by atoms with Crippen LogP contribution in [-0.2, 0) is 17.8 Å². The zero-order valence-electron chi connectivity index (χ0n) is 13.7. The molecule has 0 atom stereocenters. The Bertz CT molecular complexity index is 564. The Labute approximate surface area is 137 Å². The highest BCUT2D eigenvalue weighted by atomic mass is 16.5. The minimum absolute atomic E-state index is 0.0774. The highest BCUT2D eigenvalue weighted by Gasteiger charge is 2.03. The van der Waals surface area contributed by atoms with E-state index in [-0.39, 0.29) is 5.91 Å². The first kappa shape index (κ1) is 17.1. The molecule has 2 rings (SSSR count). The van der Waals surface area contributed by atoms with Crippen LogP contribution in [0.3, 0.4) is 0 Å². The van der Waals surface area contributed by atoms with Crippen molar-refractivity contribution in [1.82, 2.24) is 14.9 Å². The molecule has 0 saturated carbocycles. The number of unbranched alkanes of at least 4 members (excludes halogenated alkanes) is 3. The summed E-state index contributed by atoms with van der Waals surface area (Å²) in [5.41, 5.74) is 1.00. The quantitative estimate of drug-likeness (QED) is 0.686. The van der Waals surface area contributed by atoms with Crippen molar-refractivity contribution in [2.75, 3.05) is 13.7 Å². The standard InChI is InChI=1S/C18H25N3O2/c1-23-17-8-6-16(7-9-17)14-18(22)20-10-4-2-3-5-12-21-13-11-19-15-21/h6-9,11,13,15H,2-5,10,12,14H2,1H3,(H,20,22). The van der Waals surface area contributed by atoms with E-state index in [0.717, 1.165) is 43.7 Å². The largest absolute Gasteiger partial charge is 0.497 e. The Morgan fingerprint density at radius 2 is 1.96 bits per heavy atom. The van der Waals surface area contributed by atoms with Crippen LogP contribution >= 0.6 is 0 Å². The van der Waals surface area contributed by atoms with Crippen molar-refractivity contribution < 1.29 is 9.53 Å². The Hall–Kier alpha value is -2.30. The van der Waals surface area contributed by atoms with Crippen molar-refractivity contribution in [1.29, 1.82) is 0 Å². The highest BCUT2D eigenvalue weighted by Crippen LogP contribution is 2.11. The molecule has 0 spiro atoms. The summed E-state index contributed by atoms with van der Waals surface area (Å²) < 4.78 is 7.20. The predicted octanol–water partition coefficient (Wildman–Crippen LogP) is 2.81. The second kappa shape index (κ2) is 9.66. The van der Waals surface area contributed by atoms with Gasteiger partial charge in [0.15, 0.2) is 0 Å². The lowest BCUT2D eigenvalue weighted by atomic mass is 10.1. The van der Waals surface area contributed by atoms with Crippen LogP contribution in [0.4, 0.5) is 0 Å². The predicted molar refractivity (Wildman–Crippen MR) is 90.4 cm³/mol. The third-order valence-corrected chi connectivity index (χ3v) is 3.75. The number of amides is 1. The topological polar surface area (TPSA) is 56.1 Å². The van der Waals surface area contributed by atoms with E-state index < -0.39 is 0 Å². The van der Waals surface area contributed by atoms with Gasteiger partial charge in [0.2, 0.25) is 5.91 Å². The van der Waals surface area contributed by atoms with E-state index in [9.17, 15) is 4.79 Å². The fourth-order valence-electron chi connectivity index (χ4n) is 2.41. The molecule has 5 nitrogen and oxygen atoms in total. The maximum atomic E-state index is 11.9. The summed E-state index contributed by atoms with van der Waals surface area (Å²) in [6.07, 6.45) is 10.5. The lowest BCUT2D eigenvalue weighted by Gasteiger charge is -2.06. The van der Waals surface area contributed by atoms with Gasteiger partial charge in [0.1, 0.15) is 5.75 Å². The molecule has 0 bridgehead atoms. The van der Waals surface area contributed by atoms with Crippen LogP contribution in [0.15, 0.2) is 43.0 Å². The second-order valence-electron chi connectivity index (χ2n) is 5.59. The number of nitrogens with one attached hydrogen (secondary N) is 1. The molecule has 1 amide bonds. The third-order valence-electron chi connectivity index (χ3n) is 3.75. The molecule has 0 radical (unpaired) electrons. The number of aryl methyl sites for hydroxylation is 1. The van der Waals surface area contributed by atoms with E-state index in [4.69, 9.17) is 4.74 Å². The molecular formula is C18H25N3O2. The van der Waals surface area contributed by atoms with Crippen LogP contribution in [0, 0.1) is 0 Å². The monoisotopic (exact) mass is 315 g/mol. The van der Waals surface area contributed by atoms with Crippen molar-refractivity contribution in [3.8, 4) is 5.75 Å². The number of aromatic nitrogens is 2. The molecule has 1 aromatic carbocycles. The zero-order valence-corrected chi connectivity index (χ0v) is 13.7. The Morgan fingerprint density at radius 1 is 1.17 bits per heavy atom. The average Bonchev–Trinajstić information content (AvgIpc) is 3.08. The van der Waals surface area contributed by atoms with E-state index in [1.165, 1.54) is 6.42 Å². The van der Waals surface area contributed by atoms with Crippen molar-refractivity contribution in [2.45, 2.75) is 38.6 Å². The van der Waals surface area contributed by atoms with Crippen molar-refractivity contribution in [3.63, 3.8) is 0 Å². The van der Waals surface area contributed by atoms with E-state index in [1.54, 1.807) is 13.3 Å². The first-order chi connectivity index (χ1) is 11.3. The number of hydrogen-bond donors (Lipinski definition) is 1. The van der Waals surface area contributed by atoms with Gasteiger partial charge in [-0.1, -0.05) is 25.0 Å². The summed E-state index contributed by atoms with van der Waals surface area (Å²) in [5, 5.41) is 2.98. The Morgan fingerprint density at radius 3 is 2.65 bits per heavy atom. The highest BCUT2D eigenvalue weighted by molar-refractivity contribution is 5.78. The molecule has 0 aliphatic carbocycles. The van der Waals surface area contributed by atoms with E-state index in [1.807, 2.05) is 36.8 Å². The van der Waals surface area contributed by atoms with Crippen molar-refractivity contribution in [2.24, 2.45) is 0 Å². The molecular weight excluding hydrogens is 290 g/mol.